The smallest absolute Gasteiger partial charge is 0.274 e. The van der Waals surface area contributed by atoms with Crippen molar-refractivity contribution in [3.63, 3.8) is 0 Å². The van der Waals surface area contributed by atoms with Gasteiger partial charge in [0, 0.05) is 25.1 Å². The van der Waals surface area contributed by atoms with Crippen molar-refractivity contribution in [1.82, 2.24) is 35.8 Å². The third-order valence-corrected chi connectivity index (χ3v) is 6.34. The third-order valence-electron chi connectivity index (χ3n) is 6.34. The molecule has 1 unspecified atom stereocenters. The van der Waals surface area contributed by atoms with Crippen LogP contribution in [-0.2, 0) is 20.9 Å². The van der Waals surface area contributed by atoms with E-state index in [1.54, 1.807) is 18.2 Å². The van der Waals surface area contributed by atoms with Crippen molar-refractivity contribution < 1.29 is 24.0 Å². The molecule has 5 amide bonds. The molecule has 12 nitrogen and oxygen atoms in total. The Kier molecular flexibility index (Phi) is 5.56. The van der Waals surface area contributed by atoms with Gasteiger partial charge in [-0.3, -0.25) is 29.3 Å². The highest BCUT2D eigenvalue weighted by atomic mass is 16.2. The average molecular weight is 465 g/mol. The molecule has 4 heterocycles. The molecule has 2 atom stereocenters. The Balaban J connectivity index is 1.30. The van der Waals surface area contributed by atoms with E-state index in [-0.39, 0.29) is 42.8 Å². The molecular weight excluding hydrogens is 442 g/mol. The number of nitrogens with one attached hydrogen (secondary N) is 3. The molecule has 0 aliphatic carbocycles. The number of carbonyl (C=O) groups is 5. The van der Waals surface area contributed by atoms with Crippen molar-refractivity contribution in [3.05, 3.63) is 41.2 Å². The predicted molar refractivity (Wildman–Crippen MR) is 116 cm³/mol. The number of hydrogen-bond acceptors (Lipinski definition) is 7. The van der Waals surface area contributed by atoms with Gasteiger partial charge in [-0.2, -0.15) is 0 Å². The molecule has 176 valence electrons. The number of rotatable bonds is 4. The highest BCUT2D eigenvalue weighted by Gasteiger charge is 2.39. The maximum absolute atomic E-state index is 12.8. The largest absolute Gasteiger partial charge is 0.354 e. The standard InChI is InChI=1S/C22H23N7O5/c30-18-7-6-17(21(33)25-18)28-10-12-9-13(4-5-14(12)22(28)34)29-11-16(26-27-29)20(32)24-15-3-1-2-8-23-19(15)31/h4-5,9,11,15,17H,1-3,6-8,10H2,(H,23,31)(H,24,32)(H,25,30,33)/t15-,17?/m0/s1. The van der Waals surface area contributed by atoms with Gasteiger partial charge in [0.05, 0.1) is 11.9 Å². The number of amides is 5. The van der Waals surface area contributed by atoms with Crippen LogP contribution in [-0.4, -0.2) is 68.1 Å². The van der Waals surface area contributed by atoms with Crippen LogP contribution in [0.25, 0.3) is 5.69 Å². The van der Waals surface area contributed by atoms with Gasteiger partial charge in [-0.15, -0.1) is 5.10 Å². The highest BCUT2D eigenvalue weighted by Crippen LogP contribution is 2.29. The maximum Gasteiger partial charge on any atom is 0.274 e. The van der Waals surface area contributed by atoms with Crippen LogP contribution in [0.1, 0.15) is 58.5 Å². The molecule has 3 N–H and O–H groups in total. The first-order valence-corrected chi connectivity index (χ1v) is 11.2. The van der Waals surface area contributed by atoms with Gasteiger partial charge in [0.15, 0.2) is 5.69 Å². The Labute approximate surface area is 194 Å². The van der Waals surface area contributed by atoms with E-state index in [1.807, 2.05) is 0 Å². The second-order valence-electron chi connectivity index (χ2n) is 8.60. The summed E-state index contributed by atoms with van der Waals surface area (Å²) in [5.41, 5.74) is 1.85. The van der Waals surface area contributed by atoms with Gasteiger partial charge in [-0.1, -0.05) is 5.21 Å². The Bertz CT molecular complexity index is 1210. The number of fused-ring (bicyclic) bond motifs is 1. The molecule has 2 fully saturated rings. The minimum atomic E-state index is -0.691. The maximum atomic E-state index is 12.8. The lowest BCUT2D eigenvalue weighted by molar-refractivity contribution is -0.137. The molecule has 0 bridgehead atoms. The van der Waals surface area contributed by atoms with Gasteiger partial charge in [-0.25, -0.2) is 4.68 Å². The summed E-state index contributed by atoms with van der Waals surface area (Å²) >= 11 is 0. The molecule has 2 aromatic rings. The summed E-state index contributed by atoms with van der Waals surface area (Å²) in [6.07, 6.45) is 4.21. The van der Waals surface area contributed by atoms with Crippen LogP contribution in [0, 0.1) is 0 Å². The van der Waals surface area contributed by atoms with Gasteiger partial charge in [0.1, 0.15) is 12.1 Å². The van der Waals surface area contributed by atoms with Crippen LogP contribution in [0.15, 0.2) is 24.4 Å². The first kappa shape index (κ1) is 21.7. The van der Waals surface area contributed by atoms with Crippen LogP contribution in [0.4, 0.5) is 0 Å². The molecule has 3 aliphatic rings. The Morgan fingerprint density at radius 1 is 1.09 bits per heavy atom. The number of nitrogens with zero attached hydrogens (tertiary/aromatic N) is 4. The lowest BCUT2D eigenvalue weighted by Crippen LogP contribution is -2.52. The van der Waals surface area contributed by atoms with E-state index in [1.165, 1.54) is 15.8 Å². The molecule has 0 spiro atoms. The summed E-state index contributed by atoms with van der Waals surface area (Å²) in [5, 5.41) is 15.7. The van der Waals surface area contributed by atoms with Crippen molar-refractivity contribution in [2.24, 2.45) is 0 Å². The zero-order valence-corrected chi connectivity index (χ0v) is 18.2. The Morgan fingerprint density at radius 3 is 2.76 bits per heavy atom. The van der Waals surface area contributed by atoms with Gasteiger partial charge in [-0.05, 0) is 49.4 Å². The van der Waals surface area contributed by atoms with Crippen LogP contribution >= 0.6 is 0 Å². The third kappa shape index (κ3) is 4.02. The SMILES string of the molecule is O=C1CCC(N2Cc3cc(-n4cc(C(=O)N[C@H]5CCCCNC5=O)nn4)ccc3C2=O)C(=O)N1. The summed E-state index contributed by atoms with van der Waals surface area (Å²) in [6, 6.07) is 3.79. The molecular formula is C22H23N7O5. The van der Waals surface area contributed by atoms with Crippen molar-refractivity contribution in [3.8, 4) is 5.69 Å². The van der Waals surface area contributed by atoms with Crippen LogP contribution in [0.2, 0.25) is 0 Å². The molecule has 1 aromatic heterocycles. The zero-order chi connectivity index (χ0) is 23.8. The number of imide groups is 1. The molecule has 12 heteroatoms. The number of hydrogen-bond donors (Lipinski definition) is 3. The number of piperidine rings is 1. The number of benzene rings is 1. The van der Waals surface area contributed by atoms with Gasteiger partial charge in [0.25, 0.3) is 11.8 Å². The second kappa shape index (κ2) is 8.69. The van der Waals surface area contributed by atoms with Crippen LogP contribution in [0.3, 0.4) is 0 Å². The summed E-state index contributed by atoms with van der Waals surface area (Å²) in [6.45, 7) is 0.830. The van der Waals surface area contributed by atoms with Gasteiger partial charge in [0.2, 0.25) is 17.7 Å². The molecule has 0 radical (unpaired) electrons. The minimum Gasteiger partial charge on any atom is -0.354 e. The van der Waals surface area contributed by atoms with E-state index in [9.17, 15) is 24.0 Å². The van der Waals surface area contributed by atoms with E-state index in [0.717, 1.165) is 12.8 Å². The quantitative estimate of drug-likeness (QED) is 0.511. The molecule has 34 heavy (non-hydrogen) atoms. The van der Waals surface area contributed by atoms with Crippen molar-refractivity contribution >= 4 is 29.5 Å². The summed E-state index contributed by atoms with van der Waals surface area (Å²) in [7, 11) is 0. The summed E-state index contributed by atoms with van der Waals surface area (Å²) in [4.78, 5) is 62.6. The van der Waals surface area contributed by atoms with E-state index < -0.39 is 23.9 Å². The van der Waals surface area contributed by atoms with Crippen molar-refractivity contribution in [2.45, 2.75) is 50.7 Å². The molecule has 1 aromatic carbocycles. The normalized spacial score (nSPS) is 22.6. The van der Waals surface area contributed by atoms with Gasteiger partial charge >= 0.3 is 0 Å². The highest BCUT2D eigenvalue weighted by molar-refractivity contribution is 6.05. The van der Waals surface area contributed by atoms with E-state index >= 15 is 0 Å². The topological polar surface area (TPSA) is 155 Å². The van der Waals surface area contributed by atoms with E-state index in [4.69, 9.17) is 0 Å². The Morgan fingerprint density at radius 2 is 1.94 bits per heavy atom. The molecule has 5 rings (SSSR count). The predicted octanol–water partition coefficient (Wildman–Crippen LogP) is -0.573. The fourth-order valence-corrected chi connectivity index (χ4v) is 4.51. The fraction of sp³-hybridized carbons (Fsp3) is 0.409. The molecule has 3 aliphatic heterocycles. The summed E-state index contributed by atoms with van der Waals surface area (Å²) in [5.74, 6) is -1.77. The lowest BCUT2D eigenvalue weighted by Gasteiger charge is -2.29. The summed E-state index contributed by atoms with van der Waals surface area (Å²) < 4.78 is 1.42. The first-order chi connectivity index (χ1) is 16.4. The molecule has 2 saturated heterocycles. The molecule has 0 saturated carbocycles. The van der Waals surface area contributed by atoms with Crippen molar-refractivity contribution in [2.75, 3.05) is 6.54 Å². The first-order valence-electron chi connectivity index (χ1n) is 11.2. The van der Waals surface area contributed by atoms with Crippen LogP contribution < -0.4 is 16.0 Å². The van der Waals surface area contributed by atoms with Gasteiger partial charge < -0.3 is 15.5 Å². The number of aromatic nitrogens is 3. The van der Waals surface area contributed by atoms with E-state index in [0.29, 0.717) is 29.8 Å². The second-order valence-corrected chi connectivity index (χ2v) is 8.60. The van der Waals surface area contributed by atoms with Crippen LogP contribution in [0.5, 0.6) is 0 Å². The Hall–Kier alpha value is -4.09. The van der Waals surface area contributed by atoms with Crippen molar-refractivity contribution in [1.29, 1.82) is 0 Å². The number of carbonyl (C=O) groups excluding carboxylic acids is 5. The monoisotopic (exact) mass is 465 g/mol. The van der Waals surface area contributed by atoms with E-state index in [2.05, 4.69) is 26.3 Å². The zero-order valence-electron chi connectivity index (χ0n) is 18.2. The minimum absolute atomic E-state index is 0.0683. The lowest BCUT2D eigenvalue weighted by atomic mass is 10.0. The fourth-order valence-electron chi connectivity index (χ4n) is 4.51. The average Bonchev–Trinajstić information content (AvgIpc) is 3.37.